The lowest BCUT2D eigenvalue weighted by Crippen LogP contribution is -2.11. The third-order valence-corrected chi connectivity index (χ3v) is 14.2. The lowest BCUT2D eigenvalue weighted by Gasteiger charge is -2.26. The number of benzene rings is 9. The Morgan fingerprint density at radius 1 is 0.303 bits per heavy atom. The molecule has 0 saturated heterocycles. The van der Waals surface area contributed by atoms with Crippen molar-refractivity contribution in [1.82, 2.24) is 8.80 Å². The second-order valence-corrected chi connectivity index (χ2v) is 20.2. The highest BCUT2D eigenvalue weighted by molar-refractivity contribution is 6.32. The smallest absolute Gasteiger partial charge is 0.0641 e. The molecule has 0 unspecified atom stereocenters. The standard InChI is InChI=1S/C62H50N4/c1-61(2,3)39-27-29-47-53(35-39)65-55-37-50-46-32-34-52(64(43-23-15-9-16-24-43)44-25-17-10-18-26-44)58-48-30-28-40(62(4,5)6)36-54(48)66(60(46)58)56(50)38-49(55)45-31-33-51(57(47)59(45)65)63(41-19-11-7-12-20-41)42-21-13-8-14-22-42/h7-38H,1-6H3. The lowest BCUT2D eigenvalue weighted by molar-refractivity contribution is 0.590. The molecular weight excluding hydrogens is 801 g/mol. The summed E-state index contributed by atoms with van der Waals surface area (Å²) in [6.07, 6.45) is 0. The van der Waals surface area contributed by atoms with Crippen LogP contribution in [0.25, 0.3) is 76.2 Å². The summed E-state index contributed by atoms with van der Waals surface area (Å²) in [5.41, 5.74) is 17.0. The van der Waals surface area contributed by atoms with E-state index < -0.39 is 0 Å². The molecule has 4 heterocycles. The Balaban J connectivity index is 1.17. The van der Waals surface area contributed by atoms with Crippen LogP contribution in [0.15, 0.2) is 194 Å². The molecule has 9 aromatic carbocycles. The number of aromatic nitrogens is 2. The second-order valence-electron chi connectivity index (χ2n) is 20.2. The van der Waals surface area contributed by atoms with Crippen LogP contribution in [0.2, 0.25) is 0 Å². The molecule has 4 nitrogen and oxygen atoms in total. The Hall–Kier alpha value is -7.82. The summed E-state index contributed by atoms with van der Waals surface area (Å²) >= 11 is 0. The summed E-state index contributed by atoms with van der Waals surface area (Å²) in [5.74, 6) is 0. The highest BCUT2D eigenvalue weighted by Gasteiger charge is 2.29. The monoisotopic (exact) mass is 850 g/mol. The Morgan fingerprint density at radius 2 is 0.606 bits per heavy atom. The molecule has 13 rings (SSSR count). The summed E-state index contributed by atoms with van der Waals surface area (Å²) in [5, 5.41) is 10.1. The van der Waals surface area contributed by atoms with Gasteiger partial charge in [0.15, 0.2) is 0 Å². The normalized spacial score (nSPS) is 12.7. The first-order valence-corrected chi connectivity index (χ1v) is 23.3. The maximum Gasteiger partial charge on any atom is 0.0641 e. The molecule has 318 valence electrons. The predicted molar refractivity (Wildman–Crippen MR) is 283 cm³/mol. The van der Waals surface area contributed by atoms with E-state index in [1.165, 1.54) is 98.7 Å². The summed E-state index contributed by atoms with van der Waals surface area (Å²) in [6, 6.07) is 72.1. The molecule has 0 saturated carbocycles. The van der Waals surface area contributed by atoms with Gasteiger partial charge in [-0.25, -0.2) is 0 Å². The van der Waals surface area contributed by atoms with Crippen molar-refractivity contribution in [1.29, 1.82) is 0 Å². The van der Waals surface area contributed by atoms with Crippen molar-refractivity contribution in [2.45, 2.75) is 52.4 Å². The zero-order valence-electron chi connectivity index (χ0n) is 38.3. The van der Waals surface area contributed by atoms with Crippen LogP contribution in [-0.2, 0) is 10.8 Å². The molecule has 0 bridgehead atoms. The quantitative estimate of drug-likeness (QED) is 0.166. The van der Waals surface area contributed by atoms with Crippen molar-refractivity contribution in [3.8, 4) is 0 Å². The van der Waals surface area contributed by atoms with E-state index in [0.717, 1.165) is 22.7 Å². The van der Waals surface area contributed by atoms with Crippen molar-refractivity contribution in [3.05, 3.63) is 205 Å². The third kappa shape index (κ3) is 5.51. The Bertz CT molecular complexity index is 3640. The van der Waals surface area contributed by atoms with E-state index in [0.29, 0.717) is 0 Å². The molecule has 13 aromatic rings. The highest BCUT2D eigenvalue weighted by atomic mass is 15.2. The number of hydrogen-bond donors (Lipinski definition) is 0. The fourth-order valence-electron chi connectivity index (χ4n) is 11.0. The summed E-state index contributed by atoms with van der Waals surface area (Å²) in [4.78, 5) is 4.86. The maximum atomic E-state index is 2.59. The third-order valence-electron chi connectivity index (χ3n) is 14.2. The van der Waals surface area contributed by atoms with Gasteiger partial charge in [0.25, 0.3) is 0 Å². The van der Waals surface area contributed by atoms with Gasteiger partial charge in [0.2, 0.25) is 0 Å². The van der Waals surface area contributed by atoms with E-state index in [4.69, 9.17) is 0 Å². The van der Waals surface area contributed by atoms with Crippen LogP contribution >= 0.6 is 0 Å². The minimum Gasteiger partial charge on any atom is -0.310 e. The van der Waals surface area contributed by atoms with Crippen molar-refractivity contribution in [3.63, 3.8) is 0 Å². The van der Waals surface area contributed by atoms with E-state index in [1.807, 2.05) is 0 Å². The average molecular weight is 851 g/mol. The zero-order chi connectivity index (χ0) is 44.6. The number of para-hydroxylation sites is 4. The van der Waals surface area contributed by atoms with Crippen LogP contribution in [0.1, 0.15) is 52.7 Å². The minimum absolute atomic E-state index is 0.0205. The van der Waals surface area contributed by atoms with Crippen LogP contribution in [0.3, 0.4) is 0 Å². The molecule has 66 heavy (non-hydrogen) atoms. The Morgan fingerprint density at radius 3 is 0.924 bits per heavy atom. The zero-order valence-corrected chi connectivity index (χ0v) is 38.3. The van der Waals surface area contributed by atoms with E-state index in [9.17, 15) is 0 Å². The first-order chi connectivity index (χ1) is 32.0. The average Bonchev–Trinajstić information content (AvgIpc) is 4.05. The largest absolute Gasteiger partial charge is 0.310 e. The molecule has 0 spiro atoms. The van der Waals surface area contributed by atoms with Gasteiger partial charge >= 0.3 is 0 Å². The lowest BCUT2D eigenvalue weighted by atomic mass is 9.86. The van der Waals surface area contributed by atoms with E-state index in [-0.39, 0.29) is 10.8 Å². The van der Waals surface area contributed by atoms with Gasteiger partial charge in [-0.3, -0.25) is 0 Å². The number of anilines is 6. The molecular formula is C62H50N4. The summed E-state index contributed by atoms with van der Waals surface area (Å²) in [7, 11) is 0. The van der Waals surface area contributed by atoms with Crippen LogP contribution in [0.5, 0.6) is 0 Å². The second kappa shape index (κ2) is 13.8. The van der Waals surface area contributed by atoms with Crippen molar-refractivity contribution in [2.75, 3.05) is 9.80 Å². The number of fused-ring (bicyclic) bond motifs is 12. The first kappa shape index (κ1) is 38.6. The molecule has 0 aliphatic heterocycles. The molecule has 0 aliphatic rings. The molecule has 4 heteroatoms. The molecule has 0 amide bonds. The van der Waals surface area contributed by atoms with Crippen LogP contribution in [0.4, 0.5) is 34.1 Å². The predicted octanol–water partition coefficient (Wildman–Crippen LogP) is 17.5. The van der Waals surface area contributed by atoms with Crippen molar-refractivity contribution < 1.29 is 0 Å². The van der Waals surface area contributed by atoms with E-state index in [2.05, 4.69) is 254 Å². The number of rotatable bonds is 6. The topological polar surface area (TPSA) is 15.3 Å². The van der Waals surface area contributed by atoms with Crippen LogP contribution < -0.4 is 9.80 Å². The molecule has 0 fully saturated rings. The van der Waals surface area contributed by atoms with E-state index in [1.54, 1.807) is 0 Å². The van der Waals surface area contributed by atoms with Gasteiger partial charge in [-0.1, -0.05) is 151 Å². The van der Waals surface area contributed by atoms with Crippen molar-refractivity contribution in [2.24, 2.45) is 0 Å². The van der Waals surface area contributed by atoms with Gasteiger partial charge in [0, 0.05) is 65.8 Å². The van der Waals surface area contributed by atoms with Crippen molar-refractivity contribution >= 4 is 110 Å². The van der Waals surface area contributed by atoms with Crippen LogP contribution in [-0.4, -0.2) is 8.80 Å². The molecule has 0 N–H and O–H groups in total. The van der Waals surface area contributed by atoms with Gasteiger partial charge < -0.3 is 18.6 Å². The summed E-state index contributed by atoms with van der Waals surface area (Å²) in [6.45, 7) is 13.9. The maximum absolute atomic E-state index is 2.59. The molecule has 0 aliphatic carbocycles. The van der Waals surface area contributed by atoms with Crippen LogP contribution in [0, 0.1) is 0 Å². The molecule has 0 radical (unpaired) electrons. The van der Waals surface area contributed by atoms with Gasteiger partial charge in [-0.05, 0) is 107 Å². The fraction of sp³-hybridized carbons (Fsp3) is 0.129. The Kier molecular flexibility index (Phi) is 8.10. The molecule has 0 atom stereocenters. The van der Waals surface area contributed by atoms with E-state index >= 15 is 0 Å². The number of hydrogen-bond acceptors (Lipinski definition) is 2. The first-order valence-electron chi connectivity index (χ1n) is 23.3. The fourth-order valence-corrected chi connectivity index (χ4v) is 11.0. The van der Waals surface area contributed by atoms with Gasteiger partial charge in [0.05, 0.1) is 44.5 Å². The molecule has 4 aromatic heterocycles. The minimum atomic E-state index is -0.0205. The SMILES string of the molecule is CC(C)(C)c1ccc2c3c(N(c4ccccc4)c4ccccc4)ccc4c5cc6c(cc5n(c2c1)c43)c1ccc(N(c2ccccc2)c2ccccc2)c2c3ccc(C(C)(C)C)cc3n6c12. The summed E-state index contributed by atoms with van der Waals surface area (Å²) < 4.78 is 5.17. The van der Waals surface area contributed by atoms with Gasteiger partial charge in [0.1, 0.15) is 0 Å². The van der Waals surface area contributed by atoms with Gasteiger partial charge in [-0.15, -0.1) is 0 Å². The van der Waals surface area contributed by atoms with Gasteiger partial charge in [-0.2, -0.15) is 0 Å². The Labute approximate surface area is 384 Å². The highest BCUT2D eigenvalue weighted by Crippen LogP contribution is 2.51. The number of nitrogens with zero attached hydrogens (tertiary/aromatic N) is 4.